The zero-order valence-corrected chi connectivity index (χ0v) is 7.97. The van der Waals surface area contributed by atoms with E-state index in [1.807, 2.05) is 6.92 Å². The molecule has 0 aromatic heterocycles. The van der Waals surface area contributed by atoms with Crippen LogP contribution in [0.15, 0.2) is 0 Å². The van der Waals surface area contributed by atoms with Crippen LogP contribution in [0.25, 0.3) is 0 Å². The molecule has 0 aliphatic heterocycles. The maximum atomic E-state index is 10.3. The van der Waals surface area contributed by atoms with Crippen molar-refractivity contribution in [3.05, 3.63) is 0 Å². The van der Waals surface area contributed by atoms with Crippen molar-refractivity contribution in [2.75, 3.05) is 0 Å². The standard InChI is InChI=1S/C10H20O/c1-4-5-6-9(2)7-10(3)8-11/h8-10H,4-7H2,1-3H3. The third-order valence-electron chi connectivity index (χ3n) is 2.06. The fourth-order valence-corrected chi connectivity index (χ4v) is 1.36. The van der Waals surface area contributed by atoms with E-state index in [1.54, 1.807) is 0 Å². The van der Waals surface area contributed by atoms with E-state index in [4.69, 9.17) is 0 Å². The van der Waals surface area contributed by atoms with Crippen LogP contribution < -0.4 is 0 Å². The molecule has 0 heterocycles. The highest BCUT2D eigenvalue weighted by molar-refractivity contribution is 5.52. The number of carbonyl (C=O) groups excluding carboxylic acids is 1. The lowest BCUT2D eigenvalue weighted by molar-refractivity contribution is -0.111. The summed E-state index contributed by atoms with van der Waals surface area (Å²) < 4.78 is 0. The Labute approximate surface area is 70.2 Å². The molecule has 2 unspecified atom stereocenters. The molecule has 1 nitrogen and oxygen atoms in total. The van der Waals surface area contributed by atoms with Gasteiger partial charge in [-0.15, -0.1) is 0 Å². The lowest BCUT2D eigenvalue weighted by Gasteiger charge is -2.11. The van der Waals surface area contributed by atoms with E-state index in [9.17, 15) is 4.79 Å². The van der Waals surface area contributed by atoms with Gasteiger partial charge in [-0.1, -0.05) is 40.0 Å². The highest BCUT2D eigenvalue weighted by atomic mass is 16.1. The normalized spacial score (nSPS) is 15.9. The van der Waals surface area contributed by atoms with Gasteiger partial charge >= 0.3 is 0 Å². The van der Waals surface area contributed by atoms with Crippen molar-refractivity contribution >= 4 is 6.29 Å². The zero-order chi connectivity index (χ0) is 8.69. The molecule has 0 bridgehead atoms. The molecule has 0 spiro atoms. The molecule has 0 saturated carbocycles. The highest BCUT2D eigenvalue weighted by Gasteiger charge is 2.06. The number of carbonyl (C=O) groups is 1. The molecule has 1 heteroatoms. The first kappa shape index (κ1) is 10.7. The minimum absolute atomic E-state index is 0.252. The van der Waals surface area contributed by atoms with Gasteiger partial charge in [-0.3, -0.25) is 0 Å². The first-order valence-corrected chi connectivity index (χ1v) is 4.66. The summed E-state index contributed by atoms with van der Waals surface area (Å²) in [7, 11) is 0. The van der Waals surface area contributed by atoms with Crippen molar-refractivity contribution in [3.8, 4) is 0 Å². The predicted molar refractivity (Wildman–Crippen MR) is 48.5 cm³/mol. The summed E-state index contributed by atoms with van der Waals surface area (Å²) in [5, 5.41) is 0. The second-order valence-electron chi connectivity index (χ2n) is 3.60. The van der Waals surface area contributed by atoms with Crippen LogP contribution in [0.1, 0.15) is 46.5 Å². The zero-order valence-electron chi connectivity index (χ0n) is 7.97. The Bertz CT molecular complexity index is 99.0. The smallest absolute Gasteiger partial charge is 0.122 e. The van der Waals surface area contributed by atoms with Crippen LogP contribution in [0.2, 0.25) is 0 Å². The second-order valence-corrected chi connectivity index (χ2v) is 3.60. The molecule has 66 valence electrons. The average Bonchev–Trinajstić information content (AvgIpc) is 2.00. The largest absolute Gasteiger partial charge is 0.303 e. The summed E-state index contributed by atoms with van der Waals surface area (Å²) in [4.78, 5) is 10.3. The van der Waals surface area contributed by atoms with E-state index < -0.39 is 0 Å². The molecule has 0 radical (unpaired) electrons. The van der Waals surface area contributed by atoms with Crippen molar-refractivity contribution in [2.45, 2.75) is 46.5 Å². The van der Waals surface area contributed by atoms with Crippen LogP contribution in [0.4, 0.5) is 0 Å². The Balaban J connectivity index is 3.34. The SMILES string of the molecule is CCCCC(C)CC(C)C=O. The monoisotopic (exact) mass is 156 g/mol. The Kier molecular flexibility index (Phi) is 6.19. The van der Waals surface area contributed by atoms with Gasteiger partial charge in [0.05, 0.1) is 0 Å². The fourth-order valence-electron chi connectivity index (χ4n) is 1.36. The number of hydrogen-bond donors (Lipinski definition) is 0. The minimum atomic E-state index is 0.252. The summed E-state index contributed by atoms with van der Waals surface area (Å²) >= 11 is 0. The van der Waals surface area contributed by atoms with Gasteiger partial charge in [0.25, 0.3) is 0 Å². The highest BCUT2D eigenvalue weighted by Crippen LogP contribution is 2.15. The van der Waals surface area contributed by atoms with Crippen LogP contribution in [-0.4, -0.2) is 6.29 Å². The van der Waals surface area contributed by atoms with Gasteiger partial charge in [0, 0.05) is 5.92 Å². The summed E-state index contributed by atoms with van der Waals surface area (Å²) in [5.74, 6) is 0.969. The number of aldehydes is 1. The number of hydrogen-bond acceptors (Lipinski definition) is 1. The second kappa shape index (κ2) is 6.38. The Morgan fingerprint density at radius 1 is 1.36 bits per heavy atom. The summed E-state index contributed by atoms with van der Waals surface area (Å²) in [6.07, 6.45) is 5.95. The predicted octanol–water partition coefficient (Wildman–Crippen LogP) is 3.04. The summed E-state index contributed by atoms with van der Waals surface area (Å²) in [6, 6.07) is 0. The molecule has 0 fully saturated rings. The van der Waals surface area contributed by atoms with Gasteiger partial charge in [0.2, 0.25) is 0 Å². The van der Waals surface area contributed by atoms with Crippen molar-refractivity contribution in [1.82, 2.24) is 0 Å². The van der Waals surface area contributed by atoms with Gasteiger partial charge < -0.3 is 4.79 Å². The first-order valence-electron chi connectivity index (χ1n) is 4.66. The minimum Gasteiger partial charge on any atom is -0.303 e. The summed E-state index contributed by atoms with van der Waals surface area (Å²) in [5.41, 5.74) is 0. The molecular weight excluding hydrogens is 136 g/mol. The van der Waals surface area contributed by atoms with Crippen molar-refractivity contribution < 1.29 is 4.79 Å². The van der Waals surface area contributed by atoms with Gasteiger partial charge in [0.15, 0.2) is 0 Å². The van der Waals surface area contributed by atoms with E-state index >= 15 is 0 Å². The van der Waals surface area contributed by atoms with E-state index in [-0.39, 0.29) is 5.92 Å². The lowest BCUT2D eigenvalue weighted by atomic mass is 9.94. The maximum absolute atomic E-state index is 10.3. The Hall–Kier alpha value is -0.330. The van der Waals surface area contributed by atoms with E-state index in [0.29, 0.717) is 0 Å². The third kappa shape index (κ3) is 6.08. The van der Waals surface area contributed by atoms with Gasteiger partial charge in [0.1, 0.15) is 6.29 Å². The van der Waals surface area contributed by atoms with Gasteiger partial charge in [-0.2, -0.15) is 0 Å². The average molecular weight is 156 g/mol. The first-order chi connectivity index (χ1) is 5.20. The van der Waals surface area contributed by atoms with Crippen LogP contribution in [0.3, 0.4) is 0 Å². The van der Waals surface area contributed by atoms with Crippen LogP contribution >= 0.6 is 0 Å². The molecule has 2 atom stereocenters. The van der Waals surface area contributed by atoms with E-state index in [1.165, 1.54) is 19.3 Å². The fraction of sp³-hybridized carbons (Fsp3) is 0.900. The molecule has 0 amide bonds. The quantitative estimate of drug-likeness (QED) is 0.540. The van der Waals surface area contributed by atoms with Gasteiger partial charge in [-0.25, -0.2) is 0 Å². The van der Waals surface area contributed by atoms with Crippen LogP contribution in [0.5, 0.6) is 0 Å². The topological polar surface area (TPSA) is 17.1 Å². The number of rotatable bonds is 6. The Morgan fingerprint density at radius 3 is 2.45 bits per heavy atom. The number of unbranched alkanes of at least 4 members (excludes halogenated alkanes) is 1. The molecular formula is C10H20O. The van der Waals surface area contributed by atoms with Crippen molar-refractivity contribution in [1.29, 1.82) is 0 Å². The molecule has 0 saturated heterocycles. The molecule has 0 N–H and O–H groups in total. The van der Waals surface area contributed by atoms with E-state index in [2.05, 4.69) is 13.8 Å². The molecule has 11 heavy (non-hydrogen) atoms. The molecule has 0 aliphatic carbocycles. The van der Waals surface area contributed by atoms with Gasteiger partial charge in [-0.05, 0) is 12.3 Å². The van der Waals surface area contributed by atoms with Crippen molar-refractivity contribution in [2.24, 2.45) is 11.8 Å². The molecule has 0 aromatic rings. The third-order valence-corrected chi connectivity index (χ3v) is 2.06. The Morgan fingerprint density at radius 2 is 2.00 bits per heavy atom. The summed E-state index contributed by atoms with van der Waals surface area (Å²) in [6.45, 7) is 6.43. The maximum Gasteiger partial charge on any atom is 0.122 e. The van der Waals surface area contributed by atoms with Crippen LogP contribution in [0, 0.1) is 11.8 Å². The van der Waals surface area contributed by atoms with E-state index in [0.717, 1.165) is 18.6 Å². The lowest BCUT2D eigenvalue weighted by Crippen LogP contribution is -2.03. The molecule has 0 rings (SSSR count). The van der Waals surface area contributed by atoms with Crippen LogP contribution in [-0.2, 0) is 4.79 Å². The molecule has 0 aromatic carbocycles. The van der Waals surface area contributed by atoms with Crippen molar-refractivity contribution in [3.63, 3.8) is 0 Å². The molecule has 0 aliphatic rings.